The Morgan fingerprint density at radius 3 is 2.68 bits per heavy atom. The van der Waals surface area contributed by atoms with E-state index in [1.165, 1.54) is 0 Å². The Labute approximate surface area is 156 Å². The first-order chi connectivity index (χ1) is 11.9. The minimum absolute atomic E-state index is 0.199. The summed E-state index contributed by atoms with van der Waals surface area (Å²) in [5.74, 6) is 1.02. The van der Waals surface area contributed by atoms with Gasteiger partial charge >= 0.3 is 0 Å². The molecule has 1 atom stereocenters. The van der Waals surface area contributed by atoms with Gasteiger partial charge in [-0.3, -0.25) is 0 Å². The van der Waals surface area contributed by atoms with Crippen molar-refractivity contribution in [3.05, 3.63) is 45.7 Å². The summed E-state index contributed by atoms with van der Waals surface area (Å²) < 4.78 is 1.90. The van der Waals surface area contributed by atoms with Gasteiger partial charge in [0.2, 0.25) is 0 Å². The highest BCUT2D eigenvalue weighted by atomic mass is 35.5. The predicted molar refractivity (Wildman–Crippen MR) is 103 cm³/mol. The van der Waals surface area contributed by atoms with Crippen LogP contribution in [-0.2, 0) is 0 Å². The number of nitrogens with zero attached hydrogens (tertiary/aromatic N) is 4. The zero-order chi connectivity index (χ0) is 17.7. The lowest BCUT2D eigenvalue weighted by molar-refractivity contribution is 0.749. The summed E-state index contributed by atoms with van der Waals surface area (Å²) in [5, 5.41) is 5.95. The molecule has 3 heterocycles. The van der Waals surface area contributed by atoms with Gasteiger partial charge in [0, 0.05) is 41.5 Å². The number of aryl methyl sites for hydroxylation is 2. The van der Waals surface area contributed by atoms with E-state index in [1.54, 1.807) is 6.07 Å². The number of aromatic nitrogens is 3. The molecule has 1 aliphatic heterocycles. The Bertz CT molecular complexity index is 966. The maximum Gasteiger partial charge on any atom is 0.165 e. The van der Waals surface area contributed by atoms with Gasteiger partial charge in [0.25, 0.3) is 0 Å². The van der Waals surface area contributed by atoms with Crippen molar-refractivity contribution in [2.45, 2.75) is 26.3 Å². The summed E-state index contributed by atoms with van der Waals surface area (Å²) in [6.07, 6.45) is 0.985. The minimum atomic E-state index is 0.199. The molecule has 2 N–H and O–H groups in total. The van der Waals surface area contributed by atoms with E-state index >= 15 is 0 Å². The molecule has 2 aromatic heterocycles. The number of hydrogen-bond donors (Lipinski definition) is 1. The second kappa shape index (κ2) is 6.16. The highest BCUT2D eigenvalue weighted by molar-refractivity contribution is 6.36. The summed E-state index contributed by atoms with van der Waals surface area (Å²) in [6.45, 7) is 5.73. The van der Waals surface area contributed by atoms with E-state index in [9.17, 15) is 0 Å². The maximum atomic E-state index is 6.44. The third-order valence-corrected chi connectivity index (χ3v) is 5.17. The van der Waals surface area contributed by atoms with Gasteiger partial charge < -0.3 is 10.6 Å². The van der Waals surface area contributed by atoms with Gasteiger partial charge in [0.15, 0.2) is 5.65 Å². The second-order valence-electron chi connectivity index (χ2n) is 6.57. The van der Waals surface area contributed by atoms with Crippen LogP contribution in [0.4, 0.5) is 5.82 Å². The number of rotatable bonds is 2. The Balaban J connectivity index is 1.95. The average Bonchev–Trinajstić information content (AvgIpc) is 3.10. The molecule has 130 valence electrons. The van der Waals surface area contributed by atoms with Crippen LogP contribution in [0.1, 0.15) is 17.8 Å². The molecule has 0 amide bonds. The average molecular weight is 376 g/mol. The van der Waals surface area contributed by atoms with Crippen LogP contribution in [0.15, 0.2) is 24.3 Å². The maximum absolute atomic E-state index is 6.44. The Morgan fingerprint density at radius 2 is 2.00 bits per heavy atom. The summed E-state index contributed by atoms with van der Waals surface area (Å²) in [7, 11) is 0. The molecule has 0 radical (unpaired) electrons. The normalized spacial score (nSPS) is 17.6. The van der Waals surface area contributed by atoms with Gasteiger partial charge in [-0.1, -0.05) is 29.3 Å². The van der Waals surface area contributed by atoms with Crippen LogP contribution in [0.2, 0.25) is 10.0 Å². The fraction of sp³-hybridized carbons (Fsp3) is 0.333. The second-order valence-corrected chi connectivity index (χ2v) is 7.41. The minimum Gasteiger partial charge on any atom is -0.355 e. The van der Waals surface area contributed by atoms with Crippen LogP contribution in [0.3, 0.4) is 0 Å². The molecule has 0 spiro atoms. The zero-order valence-electron chi connectivity index (χ0n) is 14.1. The first-order valence-electron chi connectivity index (χ1n) is 8.27. The van der Waals surface area contributed by atoms with E-state index in [-0.39, 0.29) is 6.04 Å². The molecule has 3 aromatic rings. The fourth-order valence-corrected chi connectivity index (χ4v) is 3.96. The molecule has 1 aliphatic rings. The number of fused-ring (bicyclic) bond motifs is 1. The first-order valence-corrected chi connectivity index (χ1v) is 9.02. The molecular weight excluding hydrogens is 357 g/mol. The van der Waals surface area contributed by atoms with Crippen LogP contribution in [-0.4, -0.2) is 33.7 Å². The molecule has 1 unspecified atom stereocenters. The van der Waals surface area contributed by atoms with Crippen LogP contribution in [0.5, 0.6) is 0 Å². The van der Waals surface area contributed by atoms with Crippen LogP contribution in [0, 0.1) is 13.8 Å². The van der Waals surface area contributed by atoms with Crippen molar-refractivity contribution in [2.75, 3.05) is 18.0 Å². The number of halogens is 2. The molecular formula is C18H19Cl2N5. The first kappa shape index (κ1) is 16.6. The van der Waals surface area contributed by atoms with Crippen molar-refractivity contribution in [2.24, 2.45) is 5.73 Å². The summed E-state index contributed by atoms with van der Waals surface area (Å²) in [6, 6.07) is 7.76. The van der Waals surface area contributed by atoms with E-state index in [0.717, 1.165) is 53.5 Å². The van der Waals surface area contributed by atoms with E-state index in [2.05, 4.69) is 11.0 Å². The van der Waals surface area contributed by atoms with E-state index in [0.29, 0.717) is 10.0 Å². The van der Waals surface area contributed by atoms with Gasteiger partial charge in [0.05, 0.1) is 16.3 Å². The molecule has 25 heavy (non-hydrogen) atoms. The summed E-state index contributed by atoms with van der Waals surface area (Å²) >= 11 is 12.5. The molecule has 0 bridgehead atoms. The number of hydrogen-bond acceptors (Lipinski definition) is 4. The Hall–Kier alpha value is -1.82. The lowest BCUT2D eigenvalue weighted by atomic mass is 10.1. The van der Waals surface area contributed by atoms with E-state index in [4.69, 9.17) is 39.0 Å². The van der Waals surface area contributed by atoms with E-state index < -0.39 is 0 Å². The lowest BCUT2D eigenvalue weighted by Gasteiger charge is -2.19. The van der Waals surface area contributed by atoms with E-state index in [1.807, 2.05) is 30.5 Å². The molecule has 5 nitrogen and oxygen atoms in total. The Kier molecular flexibility index (Phi) is 4.10. The summed E-state index contributed by atoms with van der Waals surface area (Å²) in [5.41, 5.74) is 10.5. The highest BCUT2D eigenvalue weighted by Gasteiger charge is 2.24. The molecule has 0 saturated carbocycles. The van der Waals surface area contributed by atoms with Gasteiger partial charge in [-0.05, 0) is 32.4 Å². The van der Waals surface area contributed by atoms with Crippen LogP contribution < -0.4 is 10.6 Å². The number of anilines is 1. The largest absolute Gasteiger partial charge is 0.355 e. The molecule has 1 aromatic carbocycles. The standard InChI is InChI=1S/C18H19Cl2N5/c1-10-7-16(24-6-5-13(21)9-24)25-18(22-10)17(11(2)23-25)14-4-3-12(19)8-15(14)20/h3-4,7-8,13H,5-6,9,21H2,1-2H3. The van der Waals surface area contributed by atoms with Crippen molar-refractivity contribution in [1.82, 2.24) is 14.6 Å². The molecule has 1 saturated heterocycles. The van der Waals surface area contributed by atoms with Gasteiger partial charge in [-0.25, -0.2) is 4.98 Å². The third kappa shape index (κ3) is 2.86. The smallest absolute Gasteiger partial charge is 0.165 e. The molecule has 1 fully saturated rings. The third-order valence-electron chi connectivity index (χ3n) is 4.62. The number of nitrogens with two attached hydrogens (primary N) is 1. The van der Waals surface area contributed by atoms with Crippen LogP contribution >= 0.6 is 23.2 Å². The van der Waals surface area contributed by atoms with Crippen molar-refractivity contribution in [1.29, 1.82) is 0 Å². The van der Waals surface area contributed by atoms with Crippen molar-refractivity contribution in [3.8, 4) is 11.1 Å². The van der Waals surface area contributed by atoms with Gasteiger partial charge in [0.1, 0.15) is 5.82 Å². The summed E-state index contributed by atoms with van der Waals surface area (Å²) in [4.78, 5) is 7.01. The van der Waals surface area contributed by atoms with Crippen molar-refractivity contribution >= 4 is 34.7 Å². The van der Waals surface area contributed by atoms with Gasteiger partial charge in [-0.2, -0.15) is 9.61 Å². The lowest BCUT2D eigenvalue weighted by Crippen LogP contribution is -2.28. The number of benzene rings is 1. The highest BCUT2D eigenvalue weighted by Crippen LogP contribution is 2.36. The quantitative estimate of drug-likeness (QED) is 0.738. The molecule has 7 heteroatoms. The monoisotopic (exact) mass is 375 g/mol. The fourth-order valence-electron chi connectivity index (χ4n) is 3.45. The zero-order valence-corrected chi connectivity index (χ0v) is 15.6. The Morgan fingerprint density at radius 1 is 1.20 bits per heavy atom. The van der Waals surface area contributed by atoms with Crippen LogP contribution in [0.25, 0.3) is 16.8 Å². The van der Waals surface area contributed by atoms with Gasteiger partial charge in [-0.15, -0.1) is 0 Å². The van der Waals surface area contributed by atoms with Crippen molar-refractivity contribution in [3.63, 3.8) is 0 Å². The van der Waals surface area contributed by atoms with Crippen molar-refractivity contribution < 1.29 is 0 Å². The molecule has 0 aliphatic carbocycles. The topological polar surface area (TPSA) is 59.5 Å². The predicted octanol–water partition coefficient (Wildman–Crippen LogP) is 3.86. The SMILES string of the molecule is Cc1cc(N2CCC(N)C2)n2nc(C)c(-c3ccc(Cl)cc3Cl)c2n1. The molecule has 4 rings (SSSR count).